The third-order valence-corrected chi connectivity index (χ3v) is 3.14. The van der Waals surface area contributed by atoms with Crippen molar-refractivity contribution in [3.05, 3.63) is 0 Å². The van der Waals surface area contributed by atoms with Crippen LogP contribution in [0.15, 0.2) is 0 Å². The first-order chi connectivity index (χ1) is 8.79. The Labute approximate surface area is 115 Å². The Morgan fingerprint density at radius 3 is 2.11 bits per heavy atom. The van der Waals surface area contributed by atoms with Crippen LogP contribution in [0.3, 0.4) is 0 Å². The smallest absolute Gasteiger partial charge is 0.327 e. The number of terminal acetylenes is 1. The molecule has 0 spiro atoms. The standard InChI is InChI=1S/C14H24N2O3/c1-6-7-12(13(17)18)16-14(19)15-8-11(9(2)3)10(4)5/h1,9-12H,7-8H2,2-5H3,(H,17,18)(H2,15,16,19). The number of carboxylic acids is 1. The molecule has 1 atom stereocenters. The van der Waals surface area contributed by atoms with E-state index in [-0.39, 0.29) is 6.42 Å². The van der Waals surface area contributed by atoms with Gasteiger partial charge in [-0.05, 0) is 17.8 Å². The monoisotopic (exact) mass is 268 g/mol. The normalized spacial score (nSPS) is 12.3. The zero-order valence-corrected chi connectivity index (χ0v) is 12.1. The van der Waals surface area contributed by atoms with Crippen molar-refractivity contribution in [3.8, 4) is 12.3 Å². The minimum atomic E-state index is -1.13. The number of urea groups is 1. The van der Waals surface area contributed by atoms with Gasteiger partial charge in [-0.25, -0.2) is 9.59 Å². The maximum Gasteiger partial charge on any atom is 0.327 e. The van der Waals surface area contributed by atoms with Crippen LogP contribution in [0.25, 0.3) is 0 Å². The summed E-state index contributed by atoms with van der Waals surface area (Å²) in [6.07, 6.45) is 5.03. The fraction of sp³-hybridized carbons (Fsp3) is 0.714. The second kappa shape index (κ2) is 8.41. The number of carbonyl (C=O) groups is 2. The van der Waals surface area contributed by atoms with Crippen molar-refractivity contribution in [1.82, 2.24) is 10.6 Å². The number of hydrogen-bond donors (Lipinski definition) is 3. The molecule has 0 bridgehead atoms. The van der Waals surface area contributed by atoms with E-state index < -0.39 is 18.0 Å². The zero-order valence-electron chi connectivity index (χ0n) is 12.1. The maximum absolute atomic E-state index is 11.6. The fourth-order valence-corrected chi connectivity index (χ4v) is 1.98. The summed E-state index contributed by atoms with van der Waals surface area (Å²) in [5.74, 6) is 2.35. The van der Waals surface area contributed by atoms with Gasteiger partial charge < -0.3 is 15.7 Å². The van der Waals surface area contributed by atoms with Gasteiger partial charge in [-0.1, -0.05) is 27.7 Å². The molecule has 0 saturated carbocycles. The van der Waals surface area contributed by atoms with E-state index in [0.29, 0.717) is 24.3 Å². The largest absolute Gasteiger partial charge is 0.480 e. The lowest BCUT2D eigenvalue weighted by Crippen LogP contribution is -2.47. The van der Waals surface area contributed by atoms with Crippen molar-refractivity contribution >= 4 is 12.0 Å². The van der Waals surface area contributed by atoms with Gasteiger partial charge in [0.2, 0.25) is 0 Å². The summed E-state index contributed by atoms with van der Waals surface area (Å²) in [5, 5.41) is 13.9. The van der Waals surface area contributed by atoms with Gasteiger partial charge in [0.15, 0.2) is 0 Å². The van der Waals surface area contributed by atoms with E-state index in [1.807, 2.05) is 0 Å². The molecule has 19 heavy (non-hydrogen) atoms. The summed E-state index contributed by atoms with van der Waals surface area (Å²) in [5.41, 5.74) is 0. The number of hydrogen-bond acceptors (Lipinski definition) is 2. The Balaban J connectivity index is 4.31. The van der Waals surface area contributed by atoms with Crippen LogP contribution in [0, 0.1) is 30.1 Å². The second-order valence-corrected chi connectivity index (χ2v) is 5.31. The predicted molar refractivity (Wildman–Crippen MR) is 74.6 cm³/mol. The van der Waals surface area contributed by atoms with Crippen molar-refractivity contribution in [2.75, 3.05) is 6.54 Å². The average molecular weight is 268 g/mol. The molecule has 3 N–H and O–H groups in total. The number of carbonyl (C=O) groups excluding carboxylic acids is 1. The van der Waals surface area contributed by atoms with Crippen LogP contribution in [0.2, 0.25) is 0 Å². The Morgan fingerprint density at radius 2 is 1.74 bits per heavy atom. The van der Waals surface area contributed by atoms with Crippen molar-refractivity contribution in [3.63, 3.8) is 0 Å². The molecule has 0 rings (SSSR count). The van der Waals surface area contributed by atoms with E-state index >= 15 is 0 Å². The van der Waals surface area contributed by atoms with Crippen molar-refractivity contribution in [2.45, 2.75) is 40.2 Å². The molecule has 0 aliphatic heterocycles. The van der Waals surface area contributed by atoms with Crippen LogP contribution in [-0.4, -0.2) is 29.7 Å². The Morgan fingerprint density at radius 1 is 1.21 bits per heavy atom. The van der Waals surface area contributed by atoms with E-state index in [0.717, 1.165) is 0 Å². The molecule has 0 saturated heterocycles. The van der Waals surface area contributed by atoms with Gasteiger partial charge in [-0.3, -0.25) is 0 Å². The molecule has 108 valence electrons. The molecule has 1 unspecified atom stereocenters. The first-order valence-corrected chi connectivity index (χ1v) is 6.50. The number of carboxylic acid groups (broad SMARTS) is 1. The molecule has 0 aliphatic rings. The predicted octanol–water partition coefficient (Wildman–Crippen LogP) is 1.69. The zero-order chi connectivity index (χ0) is 15.0. The molecule has 0 aromatic carbocycles. The number of aliphatic carboxylic acids is 1. The second-order valence-electron chi connectivity index (χ2n) is 5.31. The van der Waals surface area contributed by atoms with Crippen LogP contribution in [-0.2, 0) is 4.79 Å². The molecule has 0 aromatic heterocycles. The van der Waals surface area contributed by atoms with Gasteiger partial charge in [0.1, 0.15) is 6.04 Å². The van der Waals surface area contributed by atoms with E-state index in [1.165, 1.54) is 0 Å². The molecule has 0 heterocycles. The highest BCUT2D eigenvalue weighted by atomic mass is 16.4. The third-order valence-electron chi connectivity index (χ3n) is 3.14. The van der Waals surface area contributed by atoms with Gasteiger partial charge in [0.25, 0.3) is 0 Å². The van der Waals surface area contributed by atoms with Crippen LogP contribution in [0.1, 0.15) is 34.1 Å². The topological polar surface area (TPSA) is 78.4 Å². The first kappa shape index (κ1) is 17.3. The number of rotatable bonds is 7. The molecular formula is C14H24N2O3. The molecule has 2 amide bonds. The van der Waals surface area contributed by atoms with E-state index in [1.54, 1.807) is 0 Å². The van der Waals surface area contributed by atoms with Crippen LogP contribution < -0.4 is 10.6 Å². The van der Waals surface area contributed by atoms with E-state index in [9.17, 15) is 9.59 Å². The van der Waals surface area contributed by atoms with Crippen LogP contribution in [0.5, 0.6) is 0 Å². The fourth-order valence-electron chi connectivity index (χ4n) is 1.98. The molecular weight excluding hydrogens is 244 g/mol. The number of amides is 2. The lowest BCUT2D eigenvalue weighted by atomic mass is 9.85. The summed E-state index contributed by atoms with van der Waals surface area (Å²) in [4.78, 5) is 22.5. The third kappa shape index (κ3) is 6.70. The quantitative estimate of drug-likeness (QED) is 0.615. The highest BCUT2D eigenvalue weighted by molar-refractivity contribution is 5.82. The van der Waals surface area contributed by atoms with Crippen molar-refractivity contribution < 1.29 is 14.7 Å². The maximum atomic E-state index is 11.6. The van der Waals surface area contributed by atoms with Gasteiger partial charge in [0, 0.05) is 13.0 Å². The summed E-state index contributed by atoms with van der Waals surface area (Å²) >= 11 is 0. The Hall–Kier alpha value is -1.70. The summed E-state index contributed by atoms with van der Waals surface area (Å²) in [6.45, 7) is 8.92. The molecule has 5 nitrogen and oxygen atoms in total. The van der Waals surface area contributed by atoms with Crippen molar-refractivity contribution in [2.24, 2.45) is 17.8 Å². The number of nitrogens with one attached hydrogen (secondary N) is 2. The Kier molecular flexibility index (Phi) is 7.66. The Bertz CT molecular complexity index is 337. The summed E-state index contributed by atoms with van der Waals surface area (Å²) < 4.78 is 0. The SMILES string of the molecule is C#CCC(NC(=O)NCC(C(C)C)C(C)C)C(=O)O. The highest BCUT2D eigenvalue weighted by Gasteiger charge is 2.21. The minimum Gasteiger partial charge on any atom is -0.480 e. The molecule has 0 radical (unpaired) electrons. The molecule has 5 heteroatoms. The van der Waals surface area contributed by atoms with Crippen molar-refractivity contribution in [1.29, 1.82) is 0 Å². The molecule has 0 aliphatic carbocycles. The van der Waals surface area contributed by atoms with Gasteiger partial charge in [-0.15, -0.1) is 12.3 Å². The average Bonchev–Trinajstić information content (AvgIpc) is 2.27. The minimum absolute atomic E-state index is 0.0272. The van der Waals surface area contributed by atoms with Gasteiger partial charge >= 0.3 is 12.0 Å². The lowest BCUT2D eigenvalue weighted by Gasteiger charge is -2.25. The molecule has 0 fully saturated rings. The lowest BCUT2D eigenvalue weighted by molar-refractivity contribution is -0.139. The summed E-state index contributed by atoms with van der Waals surface area (Å²) in [7, 11) is 0. The van der Waals surface area contributed by atoms with Gasteiger partial charge in [0.05, 0.1) is 0 Å². The molecule has 0 aromatic rings. The van der Waals surface area contributed by atoms with E-state index in [4.69, 9.17) is 11.5 Å². The van der Waals surface area contributed by atoms with Crippen LogP contribution >= 0.6 is 0 Å². The first-order valence-electron chi connectivity index (χ1n) is 6.50. The van der Waals surface area contributed by atoms with Gasteiger partial charge in [-0.2, -0.15) is 0 Å². The van der Waals surface area contributed by atoms with Crippen LogP contribution in [0.4, 0.5) is 4.79 Å². The van der Waals surface area contributed by atoms with E-state index in [2.05, 4.69) is 44.2 Å². The summed E-state index contributed by atoms with van der Waals surface area (Å²) in [6, 6.07) is -1.53. The highest BCUT2D eigenvalue weighted by Crippen LogP contribution is 2.19.